The summed E-state index contributed by atoms with van der Waals surface area (Å²) in [6.45, 7) is 0. The second kappa shape index (κ2) is 6.33. The molecule has 2 fully saturated rings. The Hall–Kier alpha value is -2.67. The van der Waals surface area contributed by atoms with Crippen molar-refractivity contribution in [2.75, 3.05) is 0 Å². The predicted octanol–water partition coefficient (Wildman–Crippen LogP) is 4.25. The van der Waals surface area contributed by atoms with Crippen LogP contribution in [0.25, 0.3) is 0 Å². The van der Waals surface area contributed by atoms with Gasteiger partial charge in [0, 0.05) is 17.6 Å². The maximum atomic E-state index is 13.2. The highest BCUT2D eigenvalue weighted by Crippen LogP contribution is 2.43. The van der Waals surface area contributed by atoms with Gasteiger partial charge in [0.2, 0.25) is 0 Å². The number of hydrogen-bond acceptors (Lipinski definition) is 2. The van der Waals surface area contributed by atoms with Gasteiger partial charge >= 0.3 is 0 Å². The molecule has 2 aromatic rings. The average Bonchev–Trinajstić information content (AvgIpc) is 2.91. The van der Waals surface area contributed by atoms with Gasteiger partial charge in [-0.05, 0) is 67.5 Å². The quantitative estimate of drug-likeness (QED) is 0.824. The fourth-order valence-electron chi connectivity index (χ4n) is 4.39. The van der Waals surface area contributed by atoms with E-state index in [1.165, 1.54) is 12.1 Å². The van der Waals surface area contributed by atoms with Crippen LogP contribution in [0.3, 0.4) is 0 Å². The normalized spacial score (nSPS) is 24.8. The summed E-state index contributed by atoms with van der Waals surface area (Å²) >= 11 is 0. The number of benzene rings is 2. The van der Waals surface area contributed by atoms with Crippen molar-refractivity contribution in [3.05, 3.63) is 71.0 Å². The zero-order chi connectivity index (χ0) is 17.4. The van der Waals surface area contributed by atoms with Gasteiger partial charge in [-0.2, -0.15) is 5.26 Å². The van der Waals surface area contributed by atoms with Crippen LogP contribution in [0.4, 0.5) is 4.39 Å². The molecule has 0 N–H and O–H groups in total. The Morgan fingerprint density at radius 2 is 1.76 bits per heavy atom. The zero-order valence-electron chi connectivity index (χ0n) is 13.9. The van der Waals surface area contributed by atoms with Gasteiger partial charge in [-0.1, -0.05) is 18.2 Å². The number of nitriles is 1. The van der Waals surface area contributed by atoms with Gasteiger partial charge in [0.1, 0.15) is 5.82 Å². The minimum Gasteiger partial charge on any atom is -0.333 e. The summed E-state index contributed by atoms with van der Waals surface area (Å²) in [5.74, 6) is 0.200. The number of hydrogen-bond donors (Lipinski definition) is 0. The summed E-state index contributed by atoms with van der Waals surface area (Å²) in [6, 6.07) is 16.3. The van der Waals surface area contributed by atoms with E-state index in [-0.39, 0.29) is 23.8 Å². The molecule has 2 aromatic carbocycles. The standard InChI is InChI=1S/C21H19FN2O/c22-18-6-4-15(5-7-18)17-11-19-8-9-20(12-17)24(19)21(25)16-3-1-2-14(10-16)13-23/h1-7,10,17,19-20H,8-9,11-12H2/t17?,19-,20+. The minimum absolute atomic E-state index is 0.0298. The molecular formula is C21H19FN2O. The highest BCUT2D eigenvalue weighted by Gasteiger charge is 2.43. The summed E-state index contributed by atoms with van der Waals surface area (Å²) < 4.78 is 13.2. The number of fused-ring (bicyclic) bond motifs is 2. The van der Waals surface area contributed by atoms with E-state index in [4.69, 9.17) is 5.26 Å². The first-order valence-electron chi connectivity index (χ1n) is 8.74. The molecule has 3 atom stereocenters. The van der Waals surface area contributed by atoms with Crippen LogP contribution >= 0.6 is 0 Å². The van der Waals surface area contributed by atoms with Crippen molar-refractivity contribution in [1.82, 2.24) is 4.90 Å². The number of nitrogens with zero attached hydrogens (tertiary/aromatic N) is 2. The van der Waals surface area contributed by atoms with Crippen molar-refractivity contribution in [2.24, 2.45) is 0 Å². The third-order valence-corrected chi connectivity index (χ3v) is 5.55. The maximum Gasteiger partial charge on any atom is 0.254 e. The predicted molar refractivity (Wildman–Crippen MR) is 92.5 cm³/mol. The monoisotopic (exact) mass is 334 g/mol. The smallest absolute Gasteiger partial charge is 0.254 e. The van der Waals surface area contributed by atoms with E-state index >= 15 is 0 Å². The van der Waals surface area contributed by atoms with E-state index in [2.05, 4.69) is 6.07 Å². The Labute approximate surface area is 146 Å². The average molecular weight is 334 g/mol. The molecule has 126 valence electrons. The van der Waals surface area contributed by atoms with Crippen molar-refractivity contribution in [3.8, 4) is 6.07 Å². The summed E-state index contributed by atoms with van der Waals surface area (Å²) in [5.41, 5.74) is 2.27. The molecule has 2 aliphatic heterocycles. The number of rotatable bonds is 2. The Balaban J connectivity index is 1.55. The SMILES string of the molecule is N#Cc1cccc(C(=O)N2[C@@H]3CC[C@H]2CC(c2ccc(F)cc2)C3)c1. The van der Waals surface area contributed by atoms with Crippen LogP contribution in [-0.4, -0.2) is 22.9 Å². The molecule has 0 aliphatic carbocycles. The van der Waals surface area contributed by atoms with Gasteiger partial charge in [0.05, 0.1) is 11.6 Å². The Morgan fingerprint density at radius 1 is 1.08 bits per heavy atom. The molecule has 1 amide bonds. The minimum atomic E-state index is -0.211. The molecule has 2 bridgehead atoms. The van der Waals surface area contributed by atoms with Crippen molar-refractivity contribution >= 4 is 5.91 Å². The van der Waals surface area contributed by atoms with E-state index in [0.717, 1.165) is 31.2 Å². The van der Waals surface area contributed by atoms with E-state index in [9.17, 15) is 9.18 Å². The second-order valence-electron chi connectivity index (χ2n) is 7.01. The molecule has 2 saturated heterocycles. The molecule has 2 heterocycles. The molecule has 0 spiro atoms. The lowest BCUT2D eigenvalue weighted by Crippen LogP contribution is -2.46. The molecular weight excluding hydrogens is 315 g/mol. The molecule has 0 aromatic heterocycles. The van der Waals surface area contributed by atoms with Gasteiger partial charge in [0.15, 0.2) is 0 Å². The van der Waals surface area contributed by atoms with Crippen LogP contribution in [0.2, 0.25) is 0 Å². The topological polar surface area (TPSA) is 44.1 Å². The van der Waals surface area contributed by atoms with Crippen LogP contribution in [0.15, 0.2) is 48.5 Å². The highest BCUT2D eigenvalue weighted by molar-refractivity contribution is 5.95. The molecule has 2 aliphatic rings. The zero-order valence-corrected chi connectivity index (χ0v) is 13.9. The van der Waals surface area contributed by atoms with Gasteiger partial charge in [-0.25, -0.2) is 4.39 Å². The van der Waals surface area contributed by atoms with Gasteiger partial charge in [-0.3, -0.25) is 4.79 Å². The van der Waals surface area contributed by atoms with E-state index < -0.39 is 0 Å². The summed E-state index contributed by atoms with van der Waals surface area (Å²) in [4.78, 5) is 15.0. The van der Waals surface area contributed by atoms with E-state index in [1.807, 2.05) is 17.0 Å². The number of piperidine rings is 1. The van der Waals surface area contributed by atoms with E-state index in [1.54, 1.807) is 24.3 Å². The number of amides is 1. The Bertz CT molecular complexity index is 826. The molecule has 4 rings (SSSR count). The van der Waals surface area contributed by atoms with Crippen LogP contribution in [0.1, 0.15) is 53.1 Å². The molecule has 3 nitrogen and oxygen atoms in total. The van der Waals surface area contributed by atoms with Crippen molar-refractivity contribution in [2.45, 2.75) is 43.7 Å². The second-order valence-corrected chi connectivity index (χ2v) is 7.01. The summed E-state index contributed by atoms with van der Waals surface area (Å²) in [5, 5.41) is 9.05. The molecule has 0 saturated carbocycles. The fourth-order valence-corrected chi connectivity index (χ4v) is 4.39. The fraction of sp³-hybridized carbons (Fsp3) is 0.333. The van der Waals surface area contributed by atoms with Gasteiger partial charge in [0.25, 0.3) is 5.91 Å². The first-order chi connectivity index (χ1) is 12.2. The third kappa shape index (κ3) is 2.91. The van der Waals surface area contributed by atoms with Gasteiger partial charge < -0.3 is 4.90 Å². The Kier molecular flexibility index (Phi) is 4.01. The Morgan fingerprint density at radius 3 is 2.40 bits per heavy atom. The van der Waals surface area contributed by atoms with Gasteiger partial charge in [-0.15, -0.1) is 0 Å². The molecule has 25 heavy (non-hydrogen) atoms. The molecule has 4 heteroatoms. The number of carbonyl (C=O) groups is 1. The van der Waals surface area contributed by atoms with Crippen LogP contribution in [0, 0.1) is 17.1 Å². The van der Waals surface area contributed by atoms with Crippen molar-refractivity contribution < 1.29 is 9.18 Å². The first kappa shape index (κ1) is 15.8. The maximum absolute atomic E-state index is 13.2. The number of halogens is 1. The van der Waals surface area contributed by atoms with Crippen LogP contribution < -0.4 is 0 Å². The highest BCUT2D eigenvalue weighted by atomic mass is 19.1. The van der Waals surface area contributed by atoms with Crippen LogP contribution in [-0.2, 0) is 0 Å². The largest absolute Gasteiger partial charge is 0.333 e. The van der Waals surface area contributed by atoms with Crippen molar-refractivity contribution in [3.63, 3.8) is 0 Å². The van der Waals surface area contributed by atoms with Crippen LogP contribution in [0.5, 0.6) is 0 Å². The summed E-state index contributed by atoms with van der Waals surface area (Å²) in [6.07, 6.45) is 3.88. The first-order valence-corrected chi connectivity index (χ1v) is 8.74. The lowest BCUT2D eigenvalue weighted by atomic mass is 9.84. The lowest BCUT2D eigenvalue weighted by molar-refractivity contribution is 0.0571. The number of carbonyl (C=O) groups excluding carboxylic acids is 1. The third-order valence-electron chi connectivity index (χ3n) is 5.55. The molecule has 1 unspecified atom stereocenters. The summed E-state index contributed by atoms with van der Waals surface area (Å²) in [7, 11) is 0. The van der Waals surface area contributed by atoms with Crippen molar-refractivity contribution in [1.29, 1.82) is 5.26 Å². The molecule has 0 radical (unpaired) electrons. The lowest BCUT2D eigenvalue weighted by Gasteiger charge is -2.39. The van der Waals surface area contributed by atoms with E-state index in [0.29, 0.717) is 17.0 Å².